The van der Waals surface area contributed by atoms with Crippen LogP contribution in [0.15, 0.2) is 42.7 Å². The van der Waals surface area contributed by atoms with Gasteiger partial charge in [-0.05, 0) is 24.3 Å². The fraction of sp³-hybridized carbons (Fsp3) is 0.0833. The molecule has 2 aromatic rings. The molecule has 0 atom stereocenters. The Morgan fingerprint density at radius 1 is 1.22 bits per heavy atom. The molecule has 0 bridgehead atoms. The summed E-state index contributed by atoms with van der Waals surface area (Å²) in [4.78, 5) is 24.2. The number of carbonyl (C=O) groups excluding carboxylic acids is 1. The van der Waals surface area contributed by atoms with Crippen LogP contribution in [0.1, 0.15) is 10.4 Å². The zero-order chi connectivity index (χ0) is 12.8. The van der Waals surface area contributed by atoms with Crippen molar-refractivity contribution in [1.29, 1.82) is 0 Å². The largest absolute Gasteiger partial charge is 0.324 e. The molecular formula is C12H12N4O2. The van der Waals surface area contributed by atoms with Crippen LogP contribution in [0.25, 0.3) is 0 Å². The number of nitrogens with zero attached hydrogens (tertiary/aromatic N) is 2. The minimum atomic E-state index is -0.310. The van der Waals surface area contributed by atoms with Crippen LogP contribution in [0.3, 0.4) is 0 Å². The Balaban J connectivity index is 2.15. The average molecular weight is 244 g/mol. The van der Waals surface area contributed by atoms with Gasteiger partial charge in [-0.15, -0.1) is 0 Å². The van der Waals surface area contributed by atoms with Gasteiger partial charge in [0, 0.05) is 23.6 Å². The Morgan fingerprint density at radius 3 is 2.72 bits per heavy atom. The van der Waals surface area contributed by atoms with Crippen LogP contribution in [0.2, 0.25) is 0 Å². The number of hydroxylamine groups is 1. The van der Waals surface area contributed by atoms with Crippen molar-refractivity contribution in [3.8, 4) is 0 Å². The average Bonchev–Trinajstić information content (AvgIpc) is 2.40. The smallest absolute Gasteiger partial charge is 0.274 e. The SMILES string of the molecule is CONC(=O)c1cccc(Nc2ncccn2)c1. The van der Waals surface area contributed by atoms with Gasteiger partial charge in [0.2, 0.25) is 5.95 Å². The summed E-state index contributed by atoms with van der Waals surface area (Å²) in [5.74, 6) is 0.164. The molecule has 92 valence electrons. The van der Waals surface area contributed by atoms with Gasteiger partial charge >= 0.3 is 0 Å². The third kappa shape index (κ3) is 3.02. The summed E-state index contributed by atoms with van der Waals surface area (Å²) in [5.41, 5.74) is 3.47. The molecule has 0 unspecified atom stereocenters. The molecular weight excluding hydrogens is 232 g/mol. The van der Waals surface area contributed by atoms with Gasteiger partial charge in [0.25, 0.3) is 5.91 Å². The van der Waals surface area contributed by atoms with Gasteiger partial charge in [-0.25, -0.2) is 15.4 Å². The number of amides is 1. The molecule has 1 amide bonds. The lowest BCUT2D eigenvalue weighted by atomic mass is 10.2. The number of nitrogens with one attached hydrogen (secondary N) is 2. The van der Waals surface area contributed by atoms with E-state index in [1.54, 1.807) is 36.7 Å². The molecule has 1 aromatic carbocycles. The van der Waals surface area contributed by atoms with E-state index in [0.717, 1.165) is 5.69 Å². The number of aromatic nitrogens is 2. The molecule has 1 heterocycles. The van der Waals surface area contributed by atoms with Crippen molar-refractivity contribution in [2.24, 2.45) is 0 Å². The first-order valence-electron chi connectivity index (χ1n) is 5.27. The third-order valence-corrected chi connectivity index (χ3v) is 2.14. The summed E-state index contributed by atoms with van der Waals surface area (Å²) in [7, 11) is 1.39. The lowest BCUT2D eigenvalue weighted by molar-refractivity contribution is 0.0537. The van der Waals surface area contributed by atoms with Gasteiger partial charge in [-0.3, -0.25) is 9.63 Å². The molecule has 6 heteroatoms. The molecule has 2 rings (SSSR count). The molecule has 0 aliphatic heterocycles. The maximum atomic E-state index is 11.6. The molecule has 0 spiro atoms. The predicted octanol–water partition coefficient (Wildman–Crippen LogP) is 1.51. The minimum Gasteiger partial charge on any atom is -0.324 e. The van der Waals surface area contributed by atoms with E-state index < -0.39 is 0 Å². The third-order valence-electron chi connectivity index (χ3n) is 2.14. The van der Waals surface area contributed by atoms with E-state index in [9.17, 15) is 4.79 Å². The fourth-order valence-electron chi connectivity index (χ4n) is 1.38. The molecule has 0 aliphatic carbocycles. The summed E-state index contributed by atoms with van der Waals surface area (Å²) < 4.78 is 0. The first-order valence-corrected chi connectivity index (χ1v) is 5.27. The normalized spacial score (nSPS) is 9.83. The van der Waals surface area contributed by atoms with Crippen LogP contribution < -0.4 is 10.8 Å². The molecule has 2 N–H and O–H groups in total. The van der Waals surface area contributed by atoms with Crippen molar-refractivity contribution < 1.29 is 9.63 Å². The van der Waals surface area contributed by atoms with Crippen LogP contribution >= 0.6 is 0 Å². The summed E-state index contributed by atoms with van der Waals surface area (Å²) in [6, 6.07) is 8.68. The van der Waals surface area contributed by atoms with Crippen molar-refractivity contribution >= 4 is 17.5 Å². The van der Waals surface area contributed by atoms with E-state index in [4.69, 9.17) is 0 Å². The second-order valence-corrected chi connectivity index (χ2v) is 3.41. The lowest BCUT2D eigenvalue weighted by Gasteiger charge is -2.06. The second kappa shape index (κ2) is 5.74. The number of hydrogen-bond acceptors (Lipinski definition) is 5. The van der Waals surface area contributed by atoms with E-state index >= 15 is 0 Å². The van der Waals surface area contributed by atoms with E-state index in [1.165, 1.54) is 7.11 Å². The maximum Gasteiger partial charge on any atom is 0.274 e. The maximum absolute atomic E-state index is 11.6. The fourth-order valence-corrected chi connectivity index (χ4v) is 1.38. The van der Waals surface area contributed by atoms with Crippen molar-refractivity contribution in [3.63, 3.8) is 0 Å². The van der Waals surface area contributed by atoms with Gasteiger partial charge < -0.3 is 5.32 Å². The topological polar surface area (TPSA) is 76.1 Å². The summed E-state index contributed by atoms with van der Waals surface area (Å²) in [6.07, 6.45) is 3.27. The van der Waals surface area contributed by atoms with Gasteiger partial charge in [-0.2, -0.15) is 0 Å². The predicted molar refractivity (Wildman–Crippen MR) is 66.2 cm³/mol. The summed E-state index contributed by atoms with van der Waals surface area (Å²) in [5, 5.41) is 3.00. The molecule has 0 fully saturated rings. The number of hydrogen-bond donors (Lipinski definition) is 2. The van der Waals surface area contributed by atoms with Crippen molar-refractivity contribution in [2.45, 2.75) is 0 Å². The van der Waals surface area contributed by atoms with Crippen LogP contribution in [0, 0.1) is 0 Å². The van der Waals surface area contributed by atoms with E-state index in [0.29, 0.717) is 11.5 Å². The van der Waals surface area contributed by atoms with Crippen LogP contribution in [-0.2, 0) is 4.84 Å². The van der Waals surface area contributed by atoms with Crippen LogP contribution in [-0.4, -0.2) is 23.0 Å². The highest BCUT2D eigenvalue weighted by atomic mass is 16.6. The minimum absolute atomic E-state index is 0.310. The zero-order valence-electron chi connectivity index (χ0n) is 9.75. The zero-order valence-corrected chi connectivity index (χ0v) is 9.75. The molecule has 0 radical (unpaired) electrons. The van der Waals surface area contributed by atoms with Crippen molar-refractivity contribution in [1.82, 2.24) is 15.4 Å². The highest BCUT2D eigenvalue weighted by Gasteiger charge is 2.05. The highest BCUT2D eigenvalue weighted by molar-refractivity contribution is 5.94. The molecule has 6 nitrogen and oxygen atoms in total. The quantitative estimate of drug-likeness (QED) is 0.797. The molecule has 0 saturated heterocycles. The van der Waals surface area contributed by atoms with Crippen molar-refractivity contribution in [3.05, 3.63) is 48.3 Å². The Bertz CT molecular complexity index is 531. The number of rotatable bonds is 4. The molecule has 1 aromatic heterocycles. The molecule has 18 heavy (non-hydrogen) atoms. The number of anilines is 2. The number of benzene rings is 1. The lowest BCUT2D eigenvalue weighted by Crippen LogP contribution is -2.21. The molecule has 0 aliphatic rings. The Hall–Kier alpha value is -2.47. The van der Waals surface area contributed by atoms with E-state index in [1.807, 2.05) is 6.07 Å². The number of carbonyl (C=O) groups is 1. The van der Waals surface area contributed by atoms with Gasteiger partial charge in [0.05, 0.1) is 7.11 Å². The first-order chi connectivity index (χ1) is 8.79. The van der Waals surface area contributed by atoms with Crippen molar-refractivity contribution in [2.75, 3.05) is 12.4 Å². The Morgan fingerprint density at radius 2 is 2.00 bits per heavy atom. The van der Waals surface area contributed by atoms with Crippen LogP contribution in [0.5, 0.6) is 0 Å². The van der Waals surface area contributed by atoms with Gasteiger partial charge in [0.15, 0.2) is 0 Å². The second-order valence-electron chi connectivity index (χ2n) is 3.41. The Kier molecular flexibility index (Phi) is 3.83. The summed E-state index contributed by atoms with van der Waals surface area (Å²) in [6.45, 7) is 0. The van der Waals surface area contributed by atoms with E-state index in [-0.39, 0.29) is 5.91 Å². The highest BCUT2D eigenvalue weighted by Crippen LogP contribution is 2.14. The Labute approximate surface area is 104 Å². The molecule has 0 saturated carbocycles. The summed E-state index contributed by atoms with van der Waals surface area (Å²) >= 11 is 0. The van der Waals surface area contributed by atoms with Crippen LogP contribution in [0.4, 0.5) is 11.6 Å². The first kappa shape index (κ1) is 12.0. The monoisotopic (exact) mass is 244 g/mol. The van der Waals surface area contributed by atoms with Gasteiger partial charge in [-0.1, -0.05) is 6.07 Å². The van der Waals surface area contributed by atoms with Gasteiger partial charge in [0.1, 0.15) is 0 Å². The van der Waals surface area contributed by atoms with E-state index in [2.05, 4.69) is 25.6 Å². The standard InChI is InChI=1S/C12H12N4O2/c1-18-16-11(17)9-4-2-5-10(8-9)15-12-13-6-3-7-14-12/h2-8H,1H3,(H,16,17)(H,13,14,15).